The predicted octanol–water partition coefficient (Wildman–Crippen LogP) is 2.94. The summed E-state index contributed by atoms with van der Waals surface area (Å²) in [7, 11) is 0. The molecule has 0 aliphatic rings. The van der Waals surface area contributed by atoms with Gasteiger partial charge >= 0.3 is 0 Å². The van der Waals surface area contributed by atoms with Crippen molar-refractivity contribution in [2.24, 2.45) is 0 Å². The van der Waals surface area contributed by atoms with Crippen molar-refractivity contribution in [2.45, 2.75) is 26.2 Å². The summed E-state index contributed by atoms with van der Waals surface area (Å²) < 4.78 is 0. The Balaban J connectivity index is 2.56. The SMILES string of the molecule is CCCCc1cccc([NH])c1. The fourth-order valence-corrected chi connectivity index (χ4v) is 1.11. The highest BCUT2D eigenvalue weighted by molar-refractivity contribution is 5.37. The van der Waals surface area contributed by atoms with E-state index in [0.29, 0.717) is 5.69 Å². The first-order valence-electron chi connectivity index (χ1n) is 4.13. The Bertz CT molecular complexity index is 218. The third-order valence-electron chi connectivity index (χ3n) is 1.75. The zero-order chi connectivity index (χ0) is 8.10. The van der Waals surface area contributed by atoms with Crippen molar-refractivity contribution in [3.8, 4) is 0 Å². The first kappa shape index (κ1) is 8.12. The third kappa shape index (κ3) is 2.62. The van der Waals surface area contributed by atoms with Crippen LogP contribution in [-0.2, 0) is 6.42 Å². The second-order valence-electron chi connectivity index (χ2n) is 2.80. The molecule has 1 aromatic rings. The van der Waals surface area contributed by atoms with Gasteiger partial charge in [-0.3, -0.25) is 0 Å². The lowest BCUT2D eigenvalue weighted by Crippen LogP contribution is -1.83. The molecular formula is C10H14N. The zero-order valence-electron chi connectivity index (χ0n) is 6.93. The molecule has 0 amide bonds. The Labute approximate surface area is 68.2 Å². The maximum absolute atomic E-state index is 7.37. The van der Waals surface area contributed by atoms with E-state index in [1.807, 2.05) is 18.2 Å². The third-order valence-corrected chi connectivity index (χ3v) is 1.75. The summed E-state index contributed by atoms with van der Waals surface area (Å²) in [5.74, 6) is 0. The Hall–Kier alpha value is -0.980. The van der Waals surface area contributed by atoms with Gasteiger partial charge < -0.3 is 5.73 Å². The molecule has 0 fully saturated rings. The summed E-state index contributed by atoms with van der Waals surface area (Å²) >= 11 is 0. The van der Waals surface area contributed by atoms with Gasteiger partial charge in [0.1, 0.15) is 0 Å². The summed E-state index contributed by atoms with van der Waals surface area (Å²) in [6.07, 6.45) is 3.56. The fraction of sp³-hybridized carbons (Fsp3) is 0.400. The molecule has 1 rings (SSSR count). The van der Waals surface area contributed by atoms with Gasteiger partial charge in [-0.15, -0.1) is 0 Å². The highest BCUT2D eigenvalue weighted by Gasteiger charge is 1.91. The molecule has 0 aliphatic heterocycles. The van der Waals surface area contributed by atoms with Crippen molar-refractivity contribution in [1.82, 2.24) is 5.73 Å². The van der Waals surface area contributed by atoms with E-state index in [9.17, 15) is 0 Å². The molecule has 0 heterocycles. The maximum Gasteiger partial charge on any atom is 0.0542 e. The summed E-state index contributed by atoms with van der Waals surface area (Å²) in [5, 5.41) is 0. The van der Waals surface area contributed by atoms with Crippen LogP contribution in [-0.4, -0.2) is 0 Å². The summed E-state index contributed by atoms with van der Waals surface area (Å²) in [6.45, 7) is 2.19. The molecule has 0 atom stereocenters. The fourth-order valence-electron chi connectivity index (χ4n) is 1.11. The van der Waals surface area contributed by atoms with Gasteiger partial charge in [-0.25, -0.2) is 0 Å². The standard InChI is InChI=1S/C10H14N/c1-2-3-5-9-6-4-7-10(11)8-9/h4,6-8,11H,2-3,5H2,1H3. The van der Waals surface area contributed by atoms with E-state index >= 15 is 0 Å². The summed E-state index contributed by atoms with van der Waals surface area (Å²) in [4.78, 5) is 0. The molecule has 0 aromatic heterocycles. The van der Waals surface area contributed by atoms with Crippen molar-refractivity contribution >= 4 is 5.69 Å². The number of rotatable bonds is 3. The minimum atomic E-state index is 0.624. The van der Waals surface area contributed by atoms with Crippen molar-refractivity contribution in [3.05, 3.63) is 29.8 Å². The number of hydrogen-bond acceptors (Lipinski definition) is 0. The van der Waals surface area contributed by atoms with Gasteiger partial charge in [0.2, 0.25) is 0 Å². The number of benzene rings is 1. The first-order valence-corrected chi connectivity index (χ1v) is 4.13. The summed E-state index contributed by atoms with van der Waals surface area (Å²) in [5.41, 5.74) is 9.29. The van der Waals surface area contributed by atoms with Crippen molar-refractivity contribution in [3.63, 3.8) is 0 Å². The molecule has 1 N–H and O–H groups in total. The molecule has 1 heteroatoms. The van der Waals surface area contributed by atoms with Crippen LogP contribution in [0.4, 0.5) is 5.69 Å². The van der Waals surface area contributed by atoms with Gasteiger partial charge in [-0.2, -0.15) is 0 Å². The molecular weight excluding hydrogens is 134 g/mol. The largest absolute Gasteiger partial charge is 0.301 e. The van der Waals surface area contributed by atoms with Crippen LogP contribution in [0.5, 0.6) is 0 Å². The Morgan fingerprint density at radius 1 is 1.36 bits per heavy atom. The molecule has 0 bridgehead atoms. The molecule has 0 unspecified atom stereocenters. The molecule has 0 spiro atoms. The lowest BCUT2D eigenvalue weighted by molar-refractivity contribution is 0.795. The average Bonchev–Trinajstić information content (AvgIpc) is 2.01. The first-order chi connectivity index (χ1) is 5.33. The predicted molar refractivity (Wildman–Crippen MR) is 47.8 cm³/mol. The molecule has 0 saturated heterocycles. The van der Waals surface area contributed by atoms with Gasteiger partial charge in [0.25, 0.3) is 0 Å². The number of unbranched alkanes of at least 4 members (excludes halogenated alkanes) is 1. The average molecular weight is 148 g/mol. The Kier molecular flexibility index (Phi) is 2.96. The lowest BCUT2D eigenvalue weighted by atomic mass is 10.1. The van der Waals surface area contributed by atoms with E-state index in [2.05, 4.69) is 13.0 Å². The Morgan fingerprint density at radius 2 is 2.18 bits per heavy atom. The van der Waals surface area contributed by atoms with Gasteiger partial charge in [0, 0.05) is 0 Å². The number of aryl methyl sites for hydroxylation is 1. The topological polar surface area (TPSA) is 23.8 Å². The van der Waals surface area contributed by atoms with Gasteiger partial charge in [-0.05, 0) is 30.5 Å². The second-order valence-corrected chi connectivity index (χ2v) is 2.80. The minimum Gasteiger partial charge on any atom is -0.301 e. The normalized spacial score (nSPS) is 9.91. The molecule has 11 heavy (non-hydrogen) atoms. The van der Waals surface area contributed by atoms with E-state index in [0.717, 1.165) is 6.42 Å². The van der Waals surface area contributed by atoms with Crippen LogP contribution in [0, 0.1) is 0 Å². The van der Waals surface area contributed by atoms with Crippen LogP contribution >= 0.6 is 0 Å². The second kappa shape index (κ2) is 4.02. The van der Waals surface area contributed by atoms with Crippen molar-refractivity contribution in [2.75, 3.05) is 0 Å². The van der Waals surface area contributed by atoms with Crippen molar-refractivity contribution in [1.29, 1.82) is 0 Å². The van der Waals surface area contributed by atoms with E-state index in [4.69, 9.17) is 5.73 Å². The number of hydrogen-bond donors (Lipinski definition) is 0. The van der Waals surface area contributed by atoms with E-state index < -0.39 is 0 Å². The van der Waals surface area contributed by atoms with Crippen LogP contribution in [0.1, 0.15) is 25.3 Å². The van der Waals surface area contributed by atoms with Gasteiger partial charge in [-0.1, -0.05) is 25.5 Å². The highest BCUT2D eigenvalue weighted by Crippen LogP contribution is 2.10. The molecule has 0 saturated carbocycles. The maximum atomic E-state index is 7.37. The monoisotopic (exact) mass is 148 g/mol. The zero-order valence-corrected chi connectivity index (χ0v) is 6.93. The Morgan fingerprint density at radius 3 is 2.82 bits per heavy atom. The molecule has 59 valence electrons. The van der Waals surface area contributed by atoms with Crippen molar-refractivity contribution < 1.29 is 0 Å². The number of nitrogens with one attached hydrogen (secondary N) is 1. The van der Waals surface area contributed by atoms with Crippen LogP contribution in [0.15, 0.2) is 24.3 Å². The van der Waals surface area contributed by atoms with Crippen LogP contribution < -0.4 is 5.73 Å². The lowest BCUT2D eigenvalue weighted by Gasteiger charge is -1.99. The molecule has 0 aliphatic carbocycles. The van der Waals surface area contributed by atoms with E-state index in [-0.39, 0.29) is 0 Å². The minimum absolute atomic E-state index is 0.624. The van der Waals surface area contributed by atoms with Crippen LogP contribution in [0.3, 0.4) is 0 Å². The molecule has 1 nitrogen and oxygen atoms in total. The van der Waals surface area contributed by atoms with Crippen LogP contribution in [0.2, 0.25) is 0 Å². The quantitative estimate of drug-likeness (QED) is 0.629. The molecule has 1 radical (unpaired) electrons. The smallest absolute Gasteiger partial charge is 0.0542 e. The van der Waals surface area contributed by atoms with Gasteiger partial charge in [0.15, 0.2) is 0 Å². The summed E-state index contributed by atoms with van der Waals surface area (Å²) in [6, 6.07) is 7.80. The van der Waals surface area contributed by atoms with Gasteiger partial charge in [0.05, 0.1) is 5.69 Å². The highest BCUT2D eigenvalue weighted by atomic mass is 14.5. The van der Waals surface area contributed by atoms with Crippen LogP contribution in [0.25, 0.3) is 0 Å². The van der Waals surface area contributed by atoms with E-state index in [1.54, 1.807) is 0 Å². The molecule has 1 aromatic carbocycles. The van der Waals surface area contributed by atoms with E-state index in [1.165, 1.54) is 18.4 Å².